The van der Waals surface area contributed by atoms with Gasteiger partial charge in [0, 0.05) is 18.3 Å². The van der Waals surface area contributed by atoms with Crippen LogP contribution in [0.4, 0.5) is 13.2 Å². The first-order valence-corrected chi connectivity index (χ1v) is 9.58. The van der Waals surface area contributed by atoms with Crippen LogP contribution in [0, 0.1) is 13.8 Å². The molecule has 0 spiro atoms. The van der Waals surface area contributed by atoms with Gasteiger partial charge in [-0.2, -0.15) is 23.4 Å². The molecule has 9 heteroatoms. The van der Waals surface area contributed by atoms with Crippen LogP contribution in [0.25, 0.3) is 0 Å². The minimum Gasteiger partial charge on any atom is -0.348 e. The zero-order valence-electron chi connectivity index (χ0n) is 17.3. The zero-order valence-corrected chi connectivity index (χ0v) is 17.3. The quantitative estimate of drug-likeness (QED) is 0.649. The van der Waals surface area contributed by atoms with Gasteiger partial charge in [-0.1, -0.05) is 24.3 Å². The molecule has 3 rings (SSSR count). The van der Waals surface area contributed by atoms with Gasteiger partial charge in [-0.15, -0.1) is 0 Å². The maximum absolute atomic E-state index is 13.5. The average Bonchev–Trinajstić information content (AvgIpc) is 3.23. The Hall–Kier alpha value is -3.10. The number of nitrogens with zero attached hydrogens (tertiary/aromatic N) is 4. The number of alkyl halides is 3. The normalized spacial score (nSPS) is 11.9. The van der Waals surface area contributed by atoms with Crippen molar-refractivity contribution in [3.05, 3.63) is 70.3 Å². The Morgan fingerprint density at radius 1 is 1.17 bits per heavy atom. The van der Waals surface area contributed by atoms with Gasteiger partial charge in [-0.3, -0.25) is 14.2 Å². The van der Waals surface area contributed by atoms with Crippen molar-refractivity contribution in [3.63, 3.8) is 0 Å². The Morgan fingerprint density at radius 3 is 2.47 bits per heavy atom. The summed E-state index contributed by atoms with van der Waals surface area (Å²) in [5, 5.41) is 10.8. The molecule has 2 aromatic heterocycles. The summed E-state index contributed by atoms with van der Waals surface area (Å²) in [5.74, 6) is -0.807. The van der Waals surface area contributed by atoms with E-state index in [0.717, 1.165) is 33.4 Å². The number of hydrogen-bond acceptors (Lipinski definition) is 3. The fraction of sp³-hybridized carbons (Fsp3) is 0.381. The van der Waals surface area contributed by atoms with Gasteiger partial charge in [-0.25, -0.2) is 0 Å². The summed E-state index contributed by atoms with van der Waals surface area (Å²) in [6, 6.07) is 8.97. The van der Waals surface area contributed by atoms with Crippen LogP contribution < -0.4 is 5.32 Å². The third-order valence-corrected chi connectivity index (χ3v) is 4.68. The molecule has 0 fully saturated rings. The lowest BCUT2D eigenvalue weighted by Crippen LogP contribution is -2.27. The van der Waals surface area contributed by atoms with Crippen LogP contribution in [0.5, 0.6) is 0 Å². The molecule has 6 nitrogen and oxygen atoms in total. The lowest BCUT2D eigenvalue weighted by molar-refractivity contribution is -0.145. The van der Waals surface area contributed by atoms with Crippen molar-refractivity contribution in [2.45, 2.75) is 53.0 Å². The van der Waals surface area contributed by atoms with Crippen LogP contribution in [0.15, 0.2) is 36.5 Å². The highest BCUT2D eigenvalue weighted by Crippen LogP contribution is 2.33. The van der Waals surface area contributed by atoms with Crippen LogP contribution in [-0.4, -0.2) is 25.5 Å². The molecule has 0 radical (unpaired) electrons. The first-order valence-electron chi connectivity index (χ1n) is 9.58. The van der Waals surface area contributed by atoms with Crippen molar-refractivity contribution in [2.24, 2.45) is 0 Å². The molecule has 0 saturated heterocycles. The second-order valence-corrected chi connectivity index (χ2v) is 7.53. The van der Waals surface area contributed by atoms with Crippen molar-refractivity contribution < 1.29 is 18.0 Å². The number of aromatic nitrogens is 4. The Bertz CT molecular complexity index is 1050. The molecule has 1 aromatic carbocycles. The number of carbonyl (C=O) groups is 1. The smallest absolute Gasteiger partial charge is 0.348 e. The lowest BCUT2D eigenvalue weighted by atomic mass is 10.1. The van der Waals surface area contributed by atoms with Gasteiger partial charge in [-0.05, 0) is 44.9 Å². The SMILES string of the molecule is Cc1cc(C)n(Cc2cccc(CNC(=O)c3cnn(C(C)C)c3C(F)(F)F)c2)n1. The third-order valence-electron chi connectivity index (χ3n) is 4.68. The maximum Gasteiger partial charge on any atom is 0.433 e. The highest BCUT2D eigenvalue weighted by molar-refractivity contribution is 5.95. The van der Waals surface area contributed by atoms with E-state index in [2.05, 4.69) is 15.5 Å². The maximum atomic E-state index is 13.5. The van der Waals surface area contributed by atoms with Crippen molar-refractivity contribution in [3.8, 4) is 0 Å². The monoisotopic (exact) mass is 419 g/mol. The zero-order chi connectivity index (χ0) is 22.1. The Morgan fingerprint density at radius 2 is 1.87 bits per heavy atom. The Kier molecular flexibility index (Phi) is 6.00. The van der Waals surface area contributed by atoms with Gasteiger partial charge >= 0.3 is 6.18 Å². The highest BCUT2D eigenvalue weighted by atomic mass is 19.4. The summed E-state index contributed by atoms with van der Waals surface area (Å²) in [7, 11) is 0. The molecule has 0 bridgehead atoms. The fourth-order valence-electron chi connectivity index (χ4n) is 3.33. The van der Waals surface area contributed by atoms with Crippen molar-refractivity contribution in [2.75, 3.05) is 0 Å². The lowest BCUT2D eigenvalue weighted by Gasteiger charge is -2.15. The molecule has 0 aliphatic rings. The summed E-state index contributed by atoms with van der Waals surface area (Å²) >= 11 is 0. The van der Waals surface area contributed by atoms with E-state index in [0.29, 0.717) is 6.54 Å². The van der Waals surface area contributed by atoms with Gasteiger partial charge in [0.15, 0.2) is 5.69 Å². The minimum atomic E-state index is -4.67. The van der Waals surface area contributed by atoms with E-state index in [9.17, 15) is 18.0 Å². The Balaban J connectivity index is 1.73. The van der Waals surface area contributed by atoms with Crippen LogP contribution in [0.1, 0.15) is 58.5 Å². The molecule has 2 heterocycles. The van der Waals surface area contributed by atoms with Gasteiger partial charge in [0.1, 0.15) is 0 Å². The number of halogens is 3. The van der Waals surface area contributed by atoms with Crippen molar-refractivity contribution in [1.29, 1.82) is 0 Å². The highest BCUT2D eigenvalue weighted by Gasteiger charge is 2.40. The molecule has 0 atom stereocenters. The first kappa shape index (κ1) is 21.6. The topological polar surface area (TPSA) is 64.7 Å². The molecule has 30 heavy (non-hydrogen) atoms. The van der Waals surface area contributed by atoms with E-state index >= 15 is 0 Å². The van der Waals surface area contributed by atoms with E-state index in [1.807, 2.05) is 48.9 Å². The molecule has 0 unspecified atom stereocenters. The third kappa shape index (κ3) is 4.72. The average molecular weight is 419 g/mol. The standard InChI is InChI=1S/C21H24F3N5O/c1-13(2)29-19(21(22,23)24)18(11-26-29)20(30)25-10-16-6-5-7-17(9-16)12-28-15(4)8-14(3)27-28/h5-9,11,13H,10,12H2,1-4H3,(H,25,30). The summed E-state index contributed by atoms with van der Waals surface area (Å²) in [5.41, 5.74) is 2.22. The van der Waals surface area contributed by atoms with Crippen molar-refractivity contribution >= 4 is 5.91 Å². The molecular formula is C21H24F3N5O. The fourth-order valence-corrected chi connectivity index (χ4v) is 3.33. The molecule has 1 N–H and O–H groups in total. The number of benzene rings is 1. The first-order chi connectivity index (χ1) is 14.1. The van der Waals surface area contributed by atoms with E-state index in [-0.39, 0.29) is 6.54 Å². The van der Waals surface area contributed by atoms with Crippen LogP contribution >= 0.6 is 0 Å². The number of carbonyl (C=O) groups excluding carboxylic acids is 1. The molecule has 160 valence electrons. The van der Waals surface area contributed by atoms with Gasteiger partial charge in [0.05, 0.1) is 24.0 Å². The summed E-state index contributed by atoms with van der Waals surface area (Å²) in [6.45, 7) is 7.73. The molecule has 0 aliphatic heterocycles. The number of aryl methyl sites for hydroxylation is 2. The number of nitrogens with one attached hydrogen (secondary N) is 1. The van der Waals surface area contributed by atoms with Crippen LogP contribution in [0.3, 0.4) is 0 Å². The van der Waals surface area contributed by atoms with E-state index < -0.39 is 29.4 Å². The molecule has 0 aliphatic carbocycles. The number of amides is 1. The largest absolute Gasteiger partial charge is 0.433 e. The van der Waals surface area contributed by atoms with Crippen molar-refractivity contribution in [1.82, 2.24) is 24.9 Å². The number of hydrogen-bond donors (Lipinski definition) is 1. The molecule has 3 aromatic rings. The van der Waals surface area contributed by atoms with E-state index in [1.54, 1.807) is 13.8 Å². The summed E-state index contributed by atoms with van der Waals surface area (Å²) in [6.07, 6.45) is -3.70. The second kappa shape index (κ2) is 8.33. The van der Waals surface area contributed by atoms with Gasteiger partial charge < -0.3 is 5.32 Å². The number of rotatable bonds is 6. The van der Waals surface area contributed by atoms with E-state index in [4.69, 9.17) is 0 Å². The van der Waals surface area contributed by atoms with E-state index in [1.165, 1.54) is 0 Å². The predicted octanol–water partition coefficient (Wildman–Crippen LogP) is 4.27. The minimum absolute atomic E-state index is 0.105. The van der Waals surface area contributed by atoms with Crippen LogP contribution in [-0.2, 0) is 19.3 Å². The summed E-state index contributed by atoms with van der Waals surface area (Å²) in [4.78, 5) is 12.5. The predicted molar refractivity (Wildman–Crippen MR) is 106 cm³/mol. The summed E-state index contributed by atoms with van der Waals surface area (Å²) < 4.78 is 43.1. The van der Waals surface area contributed by atoms with Gasteiger partial charge in [0.2, 0.25) is 0 Å². The Labute approximate surface area is 172 Å². The second-order valence-electron chi connectivity index (χ2n) is 7.53. The van der Waals surface area contributed by atoms with Gasteiger partial charge in [0.25, 0.3) is 5.91 Å². The molecule has 0 saturated carbocycles. The van der Waals surface area contributed by atoms with Crippen LogP contribution in [0.2, 0.25) is 0 Å². The molecule has 1 amide bonds. The molecular weight excluding hydrogens is 395 g/mol.